The maximum absolute atomic E-state index is 15.2. The standard InChI is InChI=1S/C31H30O/c1-3-30(25-17-9-5-10-18-25,26-19-11-6-12-20-26)29(32)31(4-2,27-21-13-7-14-22-27)28-23-15-8-16-24-28/h5-24H,3-4H2,1-2H3. The minimum atomic E-state index is -0.760. The van der Waals surface area contributed by atoms with E-state index in [1.54, 1.807) is 0 Å². The average molecular weight is 419 g/mol. The fraction of sp³-hybridized carbons (Fsp3) is 0.194. The minimum absolute atomic E-state index is 0.227. The maximum Gasteiger partial charge on any atom is 0.162 e. The number of Topliss-reactive ketones (excluding diaryl/α,β-unsaturated/α-hetero) is 1. The molecule has 0 aliphatic carbocycles. The molecule has 0 radical (unpaired) electrons. The summed E-state index contributed by atoms with van der Waals surface area (Å²) in [4.78, 5) is 15.2. The Morgan fingerprint density at radius 2 is 0.688 bits per heavy atom. The highest BCUT2D eigenvalue weighted by molar-refractivity contribution is 6.04. The number of hydrogen-bond acceptors (Lipinski definition) is 1. The quantitative estimate of drug-likeness (QED) is 0.292. The van der Waals surface area contributed by atoms with Gasteiger partial charge in [-0.3, -0.25) is 4.79 Å². The van der Waals surface area contributed by atoms with Crippen molar-refractivity contribution >= 4 is 5.78 Å². The molecule has 0 saturated carbocycles. The molecule has 0 aliphatic rings. The molecule has 0 fully saturated rings. The van der Waals surface area contributed by atoms with Crippen LogP contribution in [0.15, 0.2) is 121 Å². The summed E-state index contributed by atoms with van der Waals surface area (Å²) in [6.07, 6.45) is 1.36. The van der Waals surface area contributed by atoms with Gasteiger partial charge < -0.3 is 0 Å². The normalized spacial score (nSPS) is 11.8. The molecule has 0 bridgehead atoms. The molecule has 4 aromatic carbocycles. The average Bonchev–Trinajstić information content (AvgIpc) is 2.88. The molecule has 0 heterocycles. The SMILES string of the molecule is CCC(C(=O)C(CC)(c1ccccc1)c1ccccc1)(c1ccccc1)c1ccccc1. The van der Waals surface area contributed by atoms with Crippen LogP contribution in [-0.2, 0) is 15.6 Å². The molecule has 32 heavy (non-hydrogen) atoms. The van der Waals surface area contributed by atoms with Crippen LogP contribution >= 0.6 is 0 Å². The summed E-state index contributed by atoms with van der Waals surface area (Å²) >= 11 is 0. The van der Waals surface area contributed by atoms with Gasteiger partial charge >= 0.3 is 0 Å². The number of carbonyl (C=O) groups excluding carboxylic acids is 1. The summed E-state index contributed by atoms with van der Waals surface area (Å²) in [7, 11) is 0. The summed E-state index contributed by atoms with van der Waals surface area (Å²) in [6, 6.07) is 41.2. The Hall–Kier alpha value is -3.45. The molecule has 4 aromatic rings. The van der Waals surface area contributed by atoms with Crippen LogP contribution in [0.2, 0.25) is 0 Å². The summed E-state index contributed by atoms with van der Waals surface area (Å²) in [6.45, 7) is 4.27. The van der Waals surface area contributed by atoms with Crippen molar-refractivity contribution in [2.24, 2.45) is 0 Å². The van der Waals surface area contributed by atoms with Crippen LogP contribution in [0, 0.1) is 0 Å². The summed E-state index contributed by atoms with van der Waals surface area (Å²) in [5.41, 5.74) is 2.66. The van der Waals surface area contributed by atoms with Gasteiger partial charge in [0.2, 0.25) is 0 Å². The maximum atomic E-state index is 15.2. The van der Waals surface area contributed by atoms with Crippen LogP contribution in [0.5, 0.6) is 0 Å². The van der Waals surface area contributed by atoms with Crippen LogP contribution < -0.4 is 0 Å². The van der Waals surface area contributed by atoms with E-state index in [4.69, 9.17) is 0 Å². The molecule has 4 rings (SSSR count). The first-order chi connectivity index (χ1) is 15.7. The highest BCUT2D eigenvalue weighted by Gasteiger charge is 2.52. The number of ketones is 1. The first kappa shape index (κ1) is 21.8. The van der Waals surface area contributed by atoms with Gasteiger partial charge in [0.1, 0.15) is 0 Å². The molecular formula is C31H30O. The summed E-state index contributed by atoms with van der Waals surface area (Å²) in [5.74, 6) is 0.227. The zero-order valence-corrected chi connectivity index (χ0v) is 18.9. The molecule has 0 spiro atoms. The van der Waals surface area contributed by atoms with E-state index in [-0.39, 0.29) is 5.78 Å². The van der Waals surface area contributed by atoms with Gasteiger partial charge in [-0.15, -0.1) is 0 Å². The highest BCUT2D eigenvalue weighted by Crippen LogP contribution is 2.47. The zero-order valence-electron chi connectivity index (χ0n) is 18.9. The Morgan fingerprint density at radius 1 is 0.469 bits per heavy atom. The van der Waals surface area contributed by atoms with E-state index in [2.05, 4.69) is 62.4 Å². The minimum Gasteiger partial charge on any atom is -0.297 e. The largest absolute Gasteiger partial charge is 0.297 e. The predicted molar refractivity (Wildman–Crippen MR) is 133 cm³/mol. The summed E-state index contributed by atoms with van der Waals surface area (Å²) < 4.78 is 0. The predicted octanol–water partition coefficient (Wildman–Crippen LogP) is 7.35. The molecule has 160 valence electrons. The topological polar surface area (TPSA) is 17.1 Å². The third kappa shape index (κ3) is 3.48. The molecule has 0 N–H and O–H groups in total. The van der Waals surface area contributed by atoms with E-state index in [1.165, 1.54) is 0 Å². The van der Waals surface area contributed by atoms with E-state index in [0.29, 0.717) is 12.8 Å². The van der Waals surface area contributed by atoms with Crippen LogP contribution in [0.25, 0.3) is 0 Å². The van der Waals surface area contributed by atoms with Gasteiger partial charge in [-0.2, -0.15) is 0 Å². The Morgan fingerprint density at radius 3 is 0.875 bits per heavy atom. The zero-order chi connectivity index (χ0) is 22.4. The van der Waals surface area contributed by atoms with Gasteiger partial charge in [0.05, 0.1) is 10.8 Å². The van der Waals surface area contributed by atoms with Crippen LogP contribution in [0.3, 0.4) is 0 Å². The van der Waals surface area contributed by atoms with E-state index in [9.17, 15) is 0 Å². The fourth-order valence-electron chi connectivity index (χ4n) is 5.25. The number of rotatable bonds is 8. The van der Waals surface area contributed by atoms with Gasteiger partial charge in [0.15, 0.2) is 5.78 Å². The molecule has 0 amide bonds. The van der Waals surface area contributed by atoms with Gasteiger partial charge in [0, 0.05) is 0 Å². The molecule has 0 unspecified atom stereocenters. The lowest BCUT2D eigenvalue weighted by Crippen LogP contribution is -2.50. The third-order valence-electron chi connectivity index (χ3n) is 6.90. The Kier molecular flexibility index (Phi) is 6.37. The van der Waals surface area contributed by atoms with Crippen molar-refractivity contribution in [3.05, 3.63) is 144 Å². The van der Waals surface area contributed by atoms with E-state index >= 15 is 4.79 Å². The lowest BCUT2D eigenvalue weighted by molar-refractivity contribution is -0.127. The number of hydrogen-bond donors (Lipinski definition) is 0. The molecule has 0 saturated heterocycles. The summed E-state index contributed by atoms with van der Waals surface area (Å²) in [5, 5.41) is 0. The number of carbonyl (C=O) groups is 1. The van der Waals surface area contributed by atoms with Gasteiger partial charge in [-0.1, -0.05) is 135 Å². The van der Waals surface area contributed by atoms with Crippen molar-refractivity contribution in [1.29, 1.82) is 0 Å². The smallest absolute Gasteiger partial charge is 0.162 e. The van der Waals surface area contributed by atoms with Crippen molar-refractivity contribution in [3.8, 4) is 0 Å². The number of benzene rings is 4. The Balaban J connectivity index is 2.07. The van der Waals surface area contributed by atoms with Crippen molar-refractivity contribution in [2.75, 3.05) is 0 Å². The lowest BCUT2D eigenvalue weighted by Gasteiger charge is -2.43. The fourth-order valence-corrected chi connectivity index (χ4v) is 5.25. The van der Waals surface area contributed by atoms with E-state index in [0.717, 1.165) is 22.3 Å². The molecule has 0 aliphatic heterocycles. The van der Waals surface area contributed by atoms with Gasteiger partial charge in [0.25, 0.3) is 0 Å². The second kappa shape index (κ2) is 9.36. The van der Waals surface area contributed by atoms with Crippen molar-refractivity contribution in [3.63, 3.8) is 0 Å². The second-order valence-corrected chi connectivity index (χ2v) is 8.31. The molecule has 1 heteroatoms. The van der Waals surface area contributed by atoms with Crippen LogP contribution in [-0.4, -0.2) is 5.78 Å². The van der Waals surface area contributed by atoms with Crippen molar-refractivity contribution < 1.29 is 4.79 Å². The second-order valence-electron chi connectivity index (χ2n) is 8.31. The van der Waals surface area contributed by atoms with Crippen molar-refractivity contribution in [2.45, 2.75) is 37.5 Å². The molecule has 1 nitrogen and oxygen atoms in total. The lowest BCUT2D eigenvalue weighted by atomic mass is 9.57. The van der Waals surface area contributed by atoms with Crippen LogP contribution in [0.1, 0.15) is 48.9 Å². The first-order valence-electron chi connectivity index (χ1n) is 11.5. The highest BCUT2D eigenvalue weighted by atomic mass is 16.1. The van der Waals surface area contributed by atoms with Gasteiger partial charge in [-0.25, -0.2) is 0 Å². The van der Waals surface area contributed by atoms with Gasteiger partial charge in [-0.05, 0) is 35.1 Å². The molecule has 0 atom stereocenters. The molecular weight excluding hydrogens is 388 g/mol. The molecule has 0 aromatic heterocycles. The van der Waals surface area contributed by atoms with E-state index in [1.807, 2.05) is 72.8 Å². The Labute approximate surface area is 191 Å². The van der Waals surface area contributed by atoms with Crippen molar-refractivity contribution in [1.82, 2.24) is 0 Å². The first-order valence-corrected chi connectivity index (χ1v) is 11.5. The Bertz CT molecular complexity index is 960. The third-order valence-corrected chi connectivity index (χ3v) is 6.90. The van der Waals surface area contributed by atoms with Crippen LogP contribution in [0.4, 0.5) is 0 Å². The van der Waals surface area contributed by atoms with E-state index < -0.39 is 10.8 Å². The monoisotopic (exact) mass is 418 g/mol.